The molecule has 1 aromatic rings. The van der Waals surface area contributed by atoms with Crippen LogP contribution in [0.5, 0.6) is 0 Å². The summed E-state index contributed by atoms with van der Waals surface area (Å²) in [5.74, 6) is 0.244. The highest BCUT2D eigenvalue weighted by atomic mass is 14.7. The molecule has 0 saturated carbocycles. The molecule has 1 aromatic heterocycles. The van der Waals surface area contributed by atoms with Crippen LogP contribution in [-0.4, -0.2) is 11.2 Å². The third-order valence-corrected chi connectivity index (χ3v) is 3.51. The van der Waals surface area contributed by atoms with Crippen LogP contribution in [0.1, 0.15) is 63.5 Å². The Morgan fingerprint density at radius 3 is 2.86 bits per heavy atom. The quantitative estimate of drug-likeness (QED) is 0.484. The Labute approximate surface area is 134 Å². The average molecular weight is 295 g/mol. The minimum Gasteiger partial charge on any atom is -0.269 e. The first-order valence-corrected chi connectivity index (χ1v) is 7.93. The van der Waals surface area contributed by atoms with Gasteiger partial charge in [-0.3, -0.25) is 9.98 Å². The number of aromatic nitrogens is 1. The molecule has 3 heteroatoms. The first kappa shape index (κ1) is 17.8. The van der Waals surface area contributed by atoms with Gasteiger partial charge in [0.2, 0.25) is 0 Å². The molecule has 0 bridgehead atoms. The fourth-order valence-electron chi connectivity index (χ4n) is 2.19. The zero-order chi connectivity index (χ0) is 16.2. The van der Waals surface area contributed by atoms with E-state index < -0.39 is 0 Å². The highest BCUT2D eigenvalue weighted by molar-refractivity contribution is 5.74. The number of nitrogens with zero attached hydrogens (tertiary/aromatic N) is 3. The molecule has 0 aliphatic rings. The molecule has 0 aliphatic carbocycles. The molecule has 1 heterocycles. The van der Waals surface area contributed by atoms with Gasteiger partial charge in [0.25, 0.3) is 0 Å². The molecule has 0 aliphatic heterocycles. The second kappa shape index (κ2) is 10.5. The van der Waals surface area contributed by atoms with Crippen LogP contribution >= 0.6 is 0 Å². The molecule has 0 spiro atoms. The standard InChI is InChI=1S/C19H25N3/c1-4-7-8-9-17(13-21-6-3)19-12-18(14-22-15-19)16(5-2)10-11-20/h6,8-9,12-16H,4-5,7,10H2,1-3H3/b9-8+,17-13+,21-6-. The summed E-state index contributed by atoms with van der Waals surface area (Å²) in [6, 6.07) is 4.39. The zero-order valence-electron chi connectivity index (χ0n) is 13.8. The van der Waals surface area contributed by atoms with E-state index in [9.17, 15) is 0 Å². The third kappa shape index (κ3) is 5.65. The van der Waals surface area contributed by atoms with Crippen LogP contribution < -0.4 is 0 Å². The molecule has 0 aromatic carbocycles. The number of hydrogen-bond acceptors (Lipinski definition) is 3. The maximum atomic E-state index is 8.95. The molecule has 0 radical (unpaired) electrons. The number of aliphatic imine (C=N–C) groups is 1. The van der Waals surface area contributed by atoms with Crippen LogP contribution in [0.15, 0.2) is 41.8 Å². The molecule has 0 N–H and O–H groups in total. The average Bonchev–Trinajstić information content (AvgIpc) is 2.56. The molecule has 0 amide bonds. The van der Waals surface area contributed by atoms with E-state index in [4.69, 9.17) is 5.26 Å². The Morgan fingerprint density at radius 2 is 2.23 bits per heavy atom. The molecule has 1 atom stereocenters. The van der Waals surface area contributed by atoms with Crippen molar-refractivity contribution >= 4 is 11.8 Å². The van der Waals surface area contributed by atoms with E-state index in [0.717, 1.165) is 36.0 Å². The van der Waals surface area contributed by atoms with Gasteiger partial charge in [0, 0.05) is 42.4 Å². The molecule has 1 rings (SSSR count). The van der Waals surface area contributed by atoms with Crippen molar-refractivity contribution in [1.29, 1.82) is 5.26 Å². The number of rotatable bonds is 8. The Hall–Kier alpha value is -2.21. The van der Waals surface area contributed by atoms with Gasteiger partial charge in [0.15, 0.2) is 0 Å². The van der Waals surface area contributed by atoms with Gasteiger partial charge in [-0.25, -0.2) is 0 Å². The molecule has 0 saturated heterocycles. The lowest BCUT2D eigenvalue weighted by molar-refractivity contribution is 0.677. The predicted molar refractivity (Wildman–Crippen MR) is 93.7 cm³/mol. The smallest absolute Gasteiger partial charge is 0.0628 e. The van der Waals surface area contributed by atoms with Crippen LogP contribution in [0.3, 0.4) is 0 Å². The monoisotopic (exact) mass is 295 g/mol. The molecular weight excluding hydrogens is 270 g/mol. The van der Waals surface area contributed by atoms with Crippen molar-refractivity contribution in [3.8, 4) is 6.07 Å². The highest BCUT2D eigenvalue weighted by Crippen LogP contribution is 2.25. The summed E-state index contributed by atoms with van der Waals surface area (Å²) in [6.45, 7) is 6.17. The van der Waals surface area contributed by atoms with E-state index in [1.165, 1.54) is 0 Å². The minimum atomic E-state index is 0.244. The summed E-state index contributed by atoms with van der Waals surface area (Å²) in [5, 5.41) is 8.95. The van der Waals surface area contributed by atoms with E-state index in [-0.39, 0.29) is 5.92 Å². The van der Waals surface area contributed by atoms with Gasteiger partial charge < -0.3 is 0 Å². The topological polar surface area (TPSA) is 49.0 Å². The fourth-order valence-corrected chi connectivity index (χ4v) is 2.19. The van der Waals surface area contributed by atoms with Crippen molar-refractivity contribution in [3.63, 3.8) is 0 Å². The molecule has 1 unspecified atom stereocenters. The van der Waals surface area contributed by atoms with Gasteiger partial charge >= 0.3 is 0 Å². The van der Waals surface area contributed by atoms with E-state index in [1.807, 2.05) is 25.5 Å². The molecule has 3 nitrogen and oxygen atoms in total. The second-order valence-corrected chi connectivity index (χ2v) is 5.16. The summed E-state index contributed by atoms with van der Waals surface area (Å²) in [7, 11) is 0. The van der Waals surface area contributed by atoms with Crippen LogP contribution in [0.2, 0.25) is 0 Å². The Morgan fingerprint density at radius 1 is 1.41 bits per heavy atom. The number of nitriles is 1. The predicted octanol–water partition coefficient (Wildman–Crippen LogP) is 5.28. The van der Waals surface area contributed by atoms with Crippen molar-refractivity contribution in [1.82, 2.24) is 4.98 Å². The Bertz CT molecular complexity index is 577. The number of unbranched alkanes of at least 4 members (excludes halogenated alkanes) is 1. The molecule has 0 fully saturated rings. The van der Waals surface area contributed by atoms with Gasteiger partial charge in [0.05, 0.1) is 6.07 Å². The summed E-state index contributed by atoms with van der Waals surface area (Å²) in [4.78, 5) is 8.60. The van der Waals surface area contributed by atoms with E-state index in [0.29, 0.717) is 6.42 Å². The lowest BCUT2D eigenvalue weighted by atomic mass is 9.93. The molecular formula is C19H25N3. The summed E-state index contributed by atoms with van der Waals surface area (Å²) in [5.41, 5.74) is 3.22. The van der Waals surface area contributed by atoms with Crippen molar-refractivity contribution in [2.75, 3.05) is 0 Å². The maximum Gasteiger partial charge on any atom is 0.0628 e. The minimum absolute atomic E-state index is 0.244. The number of allylic oxidation sites excluding steroid dienone is 3. The van der Waals surface area contributed by atoms with E-state index in [1.54, 1.807) is 6.21 Å². The van der Waals surface area contributed by atoms with Gasteiger partial charge in [0.1, 0.15) is 0 Å². The lowest BCUT2D eigenvalue weighted by Crippen LogP contribution is -1.98. The molecule has 22 heavy (non-hydrogen) atoms. The SMILES string of the molecule is C\C=N/C=C(\C=C\CCC)c1cncc(C(CC)CC#N)c1. The van der Waals surface area contributed by atoms with Crippen molar-refractivity contribution in [2.45, 2.75) is 52.4 Å². The van der Waals surface area contributed by atoms with Crippen LogP contribution in [0, 0.1) is 11.3 Å². The van der Waals surface area contributed by atoms with Crippen LogP contribution in [-0.2, 0) is 0 Å². The normalized spacial score (nSPS) is 13.6. The van der Waals surface area contributed by atoms with Gasteiger partial charge in [-0.05, 0) is 37.3 Å². The van der Waals surface area contributed by atoms with Gasteiger partial charge in [-0.15, -0.1) is 0 Å². The lowest BCUT2D eigenvalue weighted by Gasteiger charge is -2.12. The number of pyridine rings is 1. The highest BCUT2D eigenvalue weighted by Gasteiger charge is 2.10. The zero-order valence-corrected chi connectivity index (χ0v) is 13.8. The van der Waals surface area contributed by atoms with Crippen LogP contribution in [0.4, 0.5) is 0 Å². The Balaban J connectivity index is 3.12. The van der Waals surface area contributed by atoms with E-state index in [2.05, 4.69) is 48.1 Å². The third-order valence-electron chi connectivity index (χ3n) is 3.51. The van der Waals surface area contributed by atoms with Gasteiger partial charge in [-0.1, -0.05) is 32.4 Å². The first-order valence-electron chi connectivity index (χ1n) is 7.93. The van der Waals surface area contributed by atoms with Crippen LogP contribution in [0.25, 0.3) is 5.57 Å². The Kier molecular flexibility index (Phi) is 8.52. The molecule has 116 valence electrons. The summed E-state index contributed by atoms with van der Waals surface area (Å²) in [6.07, 6.45) is 15.3. The largest absolute Gasteiger partial charge is 0.269 e. The van der Waals surface area contributed by atoms with E-state index >= 15 is 0 Å². The maximum absolute atomic E-state index is 8.95. The second-order valence-electron chi connectivity index (χ2n) is 5.16. The van der Waals surface area contributed by atoms with Crippen molar-refractivity contribution < 1.29 is 0 Å². The number of hydrogen-bond donors (Lipinski definition) is 0. The van der Waals surface area contributed by atoms with Crippen molar-refractivity contribution in [3.05, 3.63) is 47.9 Å². The first-order chi connectivity index (χ1) is 10.8. The fraction of sp³-hybridized carbons (Fsp3) is 0.421. The summed E-state index contributed by atoms with van der Waals surface area (Å²) >= 11 is 0. The van der Waals surface area contributed by atoms with Gasteiger partial charge in [-0.2, -0.15) is 5.26 Å². The summed E-state index contributed by atoms with van der Waals surface area (Å²) < 4.78 is 0. The van der Waals surface area contributed by atoms with Crippen molar-refractivity contribution in [2.24, 2.45) is 4.99 Å².